The van der Waals surface area contributed by atoms with Crippen molar-refractivity contribution >= 4 is 5.97 Å². The second kappa shape index (κ2) is 16.2. The smallest absolute Gasteiger partial charge is 0.303 e. The topological polar surface area (TPSA) is 77.8 Å². The molecule has 0 saturated carbocycles. The first-order valence-electron chi connectivity index (χ1n) is 8.80. The zero-order chi connectivity index (χ0) is 18.0. The van der Waals surface area contributed by atoms with Crippen LogP contribution in [0.4, 0.5) is 0 Å². The highest BCUT2D eigenvalue weighted by molar-refractivity contribution is 5.66. The Bertz CT molecular complexity index is 421. The van der Waals surface area contributed by atoms with Gasteiger partial charge in [0.15, 0.2) is 0 Å². The molecule has 0 saturated heterocycles. The molecule has 136 valence electrons. The number of carboxylic acids is 1. The number of carbonyl (C=O) groups is 1. The lowest BCUT2D eigenvalue weighted by atomic mass is 10.1. The summed E-state index contributed by atoms with van der Waals surface area (Å²) in [5, 5.41) is 27.9. The number of hydrogen-bond acceptors (Lipinski definition) is 3. The summed E-state index contributed by atoms with van der Waals surface area (Å²) in [6.45, 7) is 2.14. The van der Waals surface area contributed by atoms with Gasteiger partial charge in [-0.1, -0.05) is 74.8 Å². The number of unbranched alkanes of at least 4 members (excludes halogenated alkanes) is 3. The van der Waals surface area contributed by atoms with Crippen LogP contribution in [0.25, 0.3) is 0 Å². The molecule has 3 N–H and O–H groups in total. The monoisotopic (exact) mass is 336 g/mol. The molecule has 0 bridgehead atoms. The fourth-order valence-electron chi connectivity index (χ4n) is 2.02. The molecule has 0 amide bonds. The van der Waals surface area contributed by atoms with Crippen molar-refractivity contribution < 1.29 is 20.1 Å². The van der Waals surface area contributed by atoms with Crippen LogP contribution in [-0.4, -0.2) is 33.5 Å². The van der Waals surface area contributed by atoms with Crippen LogP contribution >= 0.6 is 0 Å². The van der Waals surface area contributed by atoms with Gasteiger partial charge in [-0.05, 0) is 25.7 Å². The van der Waals surface area contributed by atoms with Crippen molar-refractivity contribution in [3.8, 4) is 0 Å². The van der Waals surface area contributed by atoms with E-state index in [0.717, 1.165) is 25.7 Å². The van der Waals surface area contributed by atoms with Gasteiger partial charge in [-0.2, -0.15) is 0 Å². The average molecular weight is 336 g/mol. The van der Waals surface area contributed by atoms with E-state index in [1.165, 1.54) is 0 Å². The Labute approximate surface area is 145 Å². The number of aliphatic hydroxyl groups excluding tert-OH is 2. The normalized spacial score (nSPS) is 15.1. The first kappa shape index (κ1) is 22.4. The number of aliphatic carboxylic acids is 1. The molecule has 0 aromatic carbocycles. The van der Waals surface area contributed by atoms with Crippen molar-refractivity contribution in [1.82, 2.24) is 0 Å². The minimum Gasteiger partial charge on any atom is -0.481 e. The summed E-state index contributed by atoms with van der Waals surface area (Å²) in [6, 6.07) is 0. The van der Waals surface area contributed by atoms with Gasteiger partial charge in [-0.3, -0.25) is 4.79 Å². The molecule has 0 aromatic heterocycles. The maximum atomic E-state index is 10.3. The Morgan fingerprint density at radius 3 is 2.21 bits per heavy atom. The van der Waals surface area contributed by atoms with Crippen LogP contribution in [0.15, 0.2) is 48.6 Å². The lowest BCUT2D eigenvalue weighted by Crippen LogP contribution is -2.00. The highest BCUT2D eigenvalue weighted by Crippen LogP contribution is 2.04. The van der Waals surface area contributed by atoms with Crippen LogP contribution in [0.3, 0.4) is 0 Å². The number of allylic oxidation sites excluding steroid dienone is 5. The van der Waals surface area contributed by atoms with Gasteiger partial charge in [0.2, 0.25) is 0 Å². The number of carboxylic acid groups (broad SMARTS) is 1. The Morgan fingerprint density at radius 1 is 0.917 bits per heavy atom. The molecule has 0 unspecified atom stereocenters. The molecular weight excluding hydrogens is 304 g/mol. The van der Waals surface area contributed by atoms with E-state index in [4.69, 9.17) is 5.11 Å². The molecule has 0 rings (SSSR count). The Balaban J connectivity index is 3.80. The van der Waals surface area contributed by atoms with Crippen molar-refractivity contribution in [2.45, 2.75) is 70.5 Å². The van der Waals surface area contributed by atoms with Gasteiger partial charge in [0.1, 0.15) is 0 Å². The van der Waals surface area contributed by atoms with Gasteiger partial charge < -0.3 is 15.3 Å². The number of rotatable bonds is 14. The van der Waals surface area contributed by atoms with E-state index < -0.39 is 12.1 Å². The number of aliphatic hydroxyl groups is 2. The molecular formula is C20H32O4. The van der Waals surface area contributed by atoms with Crippen LogP contribution < -0.4 is 0 Å². The van der Waals surface area contributed by atoms with Crippen molar-refractivity contribution in [3.05, 3.63) is 48.6 Å². The average Bonchev–Trinajstić information content (AvgIpc) is 2.54. The molecule has 0 aliphatic carbocycles. The van der Waals surface area contributed by atoms with Crippen molar-refractivity contribution in [3.63, 3.8) is 0 Å². The molecule has 0 spiro atoms. The second-order valence-electron chi connectivity index (χ2n) is 5.78. The predicted molar refractivity (Wildman–Crippen MR) is 98.8 cm³/mol. The minimum absolute atomic E-state index is 0.179. The zero-order valence-electron chi connectivity index (χ0n) is 14.7. The van der Waals surface area contributed by atoms with E-state index in [0.29, 0.717) is 19.3 Å². The zero-order valence-corrected chi connectivity index (χ0v) is 14.7. The highest BCUT2D eigenvalue weighted by Gasteiger charge is 1.97. The maximum Gasteiger partial charge on any atom is 0.303 e. The van der Waals surface area contributed by atoms with Crippen molar-refractivity contribution in [2.75, 3.05) is 0 Å². The van der Waals surface area contributed by atoms with Crippen LogP contribution in [0.1, 0.15) is 58.3 Å². The Hall–Kier alpha value is -1.65. The van der Waals surface area contributed by atoms with E-state index in [-0.39, 0.29) is 12.5 Å². The highest BCUT2D eigenvalue weighted by atomic mass is 16.4. The summed E-state index contributed by atoms with van der Waals surface area (Å²) in [6.07, 6.45) is 19.7. The molecule has 0 heterocycles. The summed E-state index contributed by atoms with van der Waals surface area (Å²) >= 11 is 0. The van der Waals surface area contributed by atoms with Gasteiger partial charge in [0.25, 0.3) is 0 Å². The van der Waals surface area contributed by atoms with E-state index in [9.17, 15) is 15.0 Å². The molecule has 4 nitrogen and oxygen atoms in total. The third-order valence-corrected chi connectivity index (χ3v) is 3.41. The van der Waals surface area contributed by atoms with E-state index in [1.54, 1.807) is 18.2 Å². The summed E-state index contributed by atoms with van der Waals surface area (Å²) in [5.41, 5.74) is 0. The maximum absolute atomic E-state index is 10.3. The predicted octanol–water partition coefficient (Wildman–Crippen LogP) is 4.16. The lowest BCUT2D eigenvalue weighted by molar-refractivity contribution is -0.137. The minimum atomic E-state index is -0.777. The molecule has 24 heavy (non-hydrogen) atoms. The van der Waals surface area contributed by atoms with Crippen LogP contribution in [0, 0.1) is 0 Å². The first-order valence-corrected chi connectivity index (χ1v) is 8.80. The third kappa shape index (κ3) is 16.7. The van der Waals surface area contributed by atoms with Gasteiger partial charge in [-0.15, -0.1) is 0 Å². The van der Waals surface area contributed by atoms with E-state index >= 15 is 0 Å². The van der Waals surface area contributed by atoms with Gasteiger partial charge in [0.05, 0.1) is 12.2 Å². The summed E-state index contributed by atoms with van der Waals surface area (Å²) in [7, 11) is 0. The van der Waals surface area contributed by atoms with Gasteiger partial charge in [0, 0.05) is 6.42 Å². The molecule has 4 heteroatoms. The van der Waals surface area contributed by atoms with Crippen LogP contribution in [0.2, 0.25) is 0 Å². The first-order chi connectivity index (χ1) is 11.6. The molecule has 0 fully saturated rings. The number of hydrogen-bond donors (Lipinski definition) is 3. The van der Waals surface area contributed by atoms with Crippen LogP contribution in [-0.2, 0) is 4.79 Å². The molecule has 0 aromatic rings. The Kier molecular flexibility index (Phi) is 15.1. The fraction of sp³-hybridized carbons (Fsp3) is 0.550. The van der Waals surface area contributed by atoms with E-state index in [2.05, 4.69) is 6.92 Å². The Morgan fingerprint density at radius 2 is 1.58 bits per heavy atom. The summed E-state index contributed by atoms with van der Waals surface area (Å²) in [5.74, 6) is -0.777. The van der Waals surface area contributed by atoms with Crippen LogP contribution in [0.5, 0.6) is 0 Å². The van der Waals surface area contributed by atoms with E-state index in [1.807, 2.05) is 30.4 Å². The quantitative estimate of drug-likeness (QED) is 0.253. The molecule has 0 aliphatic heterocycles. The summed E-state index contributed by atoms with van der Waals surface area (Å²) < 4.78 is 0. The van der Waals surface area contributed by atoms with Gasteiger partial charge >= 0.3 is 5.97 Å². The molecule has 0 aliphatic rings. The second-order valence-corrected chi connectivity index (χ2v) is 5.78. The van der Waals surface area contributed by atoms with Crippen molar-refractivity contribution in [1.29, 1.82) is 0 Å². The fourth-order valence-corrected chi connectivity index (χ4v) is 2.02. The molecule has 0 radical (unpaired) electrons. The lowest BCUT2D eigenvalue weighted by Gasteiger charge is -2.02. The third-order valence-electron chi connectivity index (χ3n) is 3.41. The molecule has 2 atom stereocenters. The van der Waals surface area contributed by atoms with Crippen molar-refractivity contribution in [2.24, 2.45) is 0 Å². The standard InChI is InChI=1S/C20H32O4/c1-2-3-8-13-18(21)14-9-4-5-10-15-19(22)16-11-6-7-12-17-20(23)24/h4-6,9-11,14-15,18-19,21-22H,2-3,7-8,12-13,16-17H2,1H3,(H,23,24)/b5-4+,11-6-,14-9+,15-10-/t18-,19+/m0/s1. The van der Waals surface area contributed by atoms with Gasteiger partial charge in [-0.25, -0.2) is 0 Å². The summed E-state index contributed by atoms with van der Waals surface area (Å²) in [4.78, 5) is 10.3. The largest absolute Gasteiger partial charge is 0.481 e. The SMILES string of the molecule is CCCCC[C@H](O)/C=C/C=C/C=C\[C@@H](O)C/C=C\CCCC(=O)O.